The molecule has 0 aromatic carbocycles. The van der Waals surface area contributed by atoms with E-state index in [4.69, 9.17) is 4.74 Å². The fourth-order valence-electron chi connectivity index (χ4n) is 0.984. The Labute approximate surface area is 60.0 Å². The van der Waals surface area contributed by atoms with Crippen LogP contribution in [0.3, 0.4) is 0 Å². The molecule has 0 aromatic heterocycles. The van der Waals surface area contributed by atoms with Crippen LogP contribution in [0.1, 0.15) is 19.8 Å². The van der Waals surface area contributed by atoms with Crippen molar-refractivity contribution < 1.29 is 9.53 Å². The molecule has 0 saturated carbocycles. The molecule has 1 rings (SSSR count). The highest BCUT2D eigenvalue weighted by Crippen LogP contribution is 2.20. The number of carbonyl (C=O) groups is 1. The number of hydrogen-bond acceptors (Lipinski definition) is 2. The molecule has 1 heterocycles. The van der Waals surface area contributed by atoms with E-state index in [1.54, 1.807) is 0 Å². The Hall–Kier alpha value is -0.0200. The predicted molar refractivity (Wildman–Crippen MR) is 37.6 cm³/mol. The second-order valence-corrected chi connectivity index (χ2v) is 2.79. The van der Waals surface area contributed by atoms with Gasteiger partial charge in [-0.05, 0) is 19.8 Å². The molecule has 0 spiro atoms. The van der Waals surface area contributed by atoms with Crippen LogP contribution < -0.4 is 0 Å². The van der Waals surface area contributed by atoms with Crippen LogP contribution in [-0.4, -0.2) is 17.3 Å². The minimum Gasteiger partial charge on any atom is -0.367 e. The molecule has 1 fully saturated rings. The van der Waals surface area contributed by atoms with E-state index >= 15 is 0 Å². The molecule has 1 saturated heterocycles. The Morgan fingerprint density at radius 3 is 2.56 bits per heavy atom. The second-order valence-electron chi connectivity index (χ2n) is 2.35. The normalized spacial score (nSPS) is 34.9. The van der Waals surface area contributed by atoms with Gasteiger partial charge in [0.15, 0.2) is 0 Å². The summed E-state index contributed by atoms with van der Waals surface area (Å²) >= 11 is 3.67. The van der Waals surface area contributed by atoms with Crippen molar-refractivity contribution in [2.24, 2.45) is 0 Å². The van der Waals surface area contributed by atoms with Crippen LogP contribution >= 0.6 is 12.6 Å². The van der Waals surface area contributed by atoms with Gasteiger partial charge in [-0.3, -0.25) is 4.79 Å². The quantitative estimate of drug-likeness (QED) is 0.559. The van der Waals surface area contributed by atoms with E-state index in [1.807, 2.05) is 6.92 Å². The van der Waals surface area contributed by atoms with Gasteiger partial charge in [0.05, 0.1) is 6.10 Å². The van der Waals surface area contributed by atoms with E-state index in [2.05, 4.69) is 12.6 Å². The zero-order valence-corrected chi connectivity index (χ0v) is 6.23. The summed E-state index contributed by atoms with van der Waals surface area (Å²) in [5, 5.41) is -0.139. The molecule has 2 atom stereocenters. The Morgan fingerprint density at radius 1 is 1.67 bits per heavy atom. The first-order valence-electron chi connectivity index (χ1n) is 3.08. The SMILES string of the molecule is CC1CCC(C(=O)S)O1. The van der Waals surface area contributed by atoms with Crippen molar-refractivity contribution in [3.05, 3.63) is 0 Å². The van der Waals surface area contributed by atoms with Gasteiger partial charge in [-0.15, -0.1) is 12.6 Å². The summed E-state index contributed by atoms with van der Waals surface area (Å²) in [6.07, 6.45) is 1.83. The third-order valence-corrected chi connectivity index (χ3v) is 1.80. The summed E-state index contributed by atoms with van der Waals surface area (Å²) in [4.78, 5) is 10.5. The van der Waals surface area contributed by atoms with Crippen molar-refractivity contribution in [3.63, 3.8) is 0 Å². The number of carbonyl (C=O) groups excluding carboxylic acids is 1. The van der Waals surface area contributed by atoms with Crippen molar-refractivity contribution in [2.75, 3.05) is 0 Å². The van der Waals surface area contributed by atoms with Crippen molar-refractivity contribution in [3.8, 4) is 0 Å². The van der Waals surface area contributed by atoms with E-state index in [9.17, 15) is 4.79 Å². The molecule has 0 amide bonds. The summed E-state index contributed by atoms with van der Waals surface area (Å²) in [5.41, 5.74) is 0. The summed E-state index contributed by atoms with van der Waals surface area (Å²) in [5.74, 6) is 0. The highest BCUT2D eigenvalue weighted by atomic mass is 32.1. The molecule has 2 nitrogen and oxygen atoms in total. The molecular weight excluding hydrogens is 136 g/mol. The van der Waals surface area contributed by atoms with Gasteiger partial charge in [0.2, 0.25) is 5.12 Å². The first-order valence-corrected chi connectivity index (χ1v) is 3.53. The van der Waals surface area contributed by atoms with Gasteiger partial charge in [0, 0.05) is 0 Å². The van der Waals surface area contributed by atoms with E-state index in [0.29, 0.717) is 0 Å². The Balaban J connectivity index is 2.39. The standard InChI is InChI=1S/C6H10O2S/c1-4-2-3-5(8-4)6(7)9/h4-5H,2-3H2,1H3,(H,7,9). The molecule has 3 heteroatoms. The zero-order valence-electron chi connectivity index (χ0n) is 5.33. The number of hydrogen-bond donors (Lipinski definition) is 1. The monoisotopic (exact) mass is 146 g/mol. The lowest BCUT2D eigenvalue weighted by atomic mass is 10.2. The third kappa shape index (κ3) is 1.69. The lowest BCUT2D eigenvalue weighted by Gasteiger charge is -2.04. The summed E-state index contributed by atoms with van der Waals surface area (Å²) in [6.45, 7) is 1.97. The van der Waals surface area contributed by atoms with Gasteiger partial charge < -0.3 is 4.74 Å². The van der Waals surface area contributed by atoms with Gasteiger partial charge in [-0.2, -0.15) is 0 Å². The molecule has 1 aliphatic rings. The summed E-state index contributed by atoms with van der Waals surface area (Å²) in [6, 6.07) is 0. The second kappa shape index (κ2) is 2.71. The molecule has 52 valence electrons. The molecule has 0 aliphatic carbocycles. The predicted octanol–water partition coefficient (Wildman–Crippen LogP) is 1.01. The average Bonchev–Trinajstić information content (AvgIpc) is 2.14. The van der Waals surface area contributed by atoms with Gasteiger partial charge in [-0.1, -0.05) is 0 Å². The van der Waals surface area contributed by atoms with Crippen molar-refractivity contribution in [1.29, 1.82) is 0 Å². The summed E-state index contributed by atoms with van der Waals surface area (Å²) < 4.78 is 5.20. The van der Waals surface area contributed by atoms with Crippen LogP contribution in [0, 0.1) is 0 Å². The minimum absolute atomic E-state index is 0.139. The highest BCUT2D eigenvalue weighted by Gasteiger charge is 2.25. The Kier molecular flexibility index (Phi) is 2.13. The Bertz CT molecular complexity index is 124. The fourth-order valence-corrected chi connectivity index (χ4v) is 1.17. The van der Waals surface area contributed by atoms with Crippen LogP contribution in [0.15, 0.2) is 0 Å². The molecule has 2 unspecified atom stereocenters. The molecule has 0 N–H and O–H groups in total. The van der Waals surface area contributed by atoms with E-state index in [0.717, 1.165) is 12.8 Å². The molecular formula is C6H10O2S. The van der Waals surface area contributed by atoms with Crippen LogP contribution in [0.5, 0.6) is 0 Å². The van der Waals surface area contributed by atoms with Gasteiger partial charge in [-0.25, -0.2) is 0 Å². The van der Waals surface area contributed by atoms with E-state index in [1.165, 1.54) is 0 Å². The molecule has 9 heavy (non-hydrogen) atoms. The maximum absolute atomic E-state index is 10.5. The van der Waals surface area contributed by atoms with Crippen LogP contribution in [-0.2, 0) is 9.53 Å². The lowest BCUT2D eigenvalue weighted by molar-refractivity contribution is -0.120. The van der Waals surface area contributed by atoms with E-state index in [-0.39, 0.29) is 17.3 Å². The van der Waals surface area contributed by atoms with Gasteiger partial charge >= 0.3 is 0 Å². The highest BCUT2D eigenvalue weighted by molar-refractivity contribution is 7.96. The van der Waals surface area contributed by atoms with Crippen molar-refractivity contribution >= 4 is 17.7 Å². The third-order valence-electron chi connectivity index (χ3n) is 1.51. The number of thiol groups is 1. The maximum Gasteiger partial charge on any atom is 0.214 e. The van der Waals surface area contributed by atoms with E-state index < -0.39 is 0 Å². The van der Waals surface area contributed by atoms with Crippen LogP contribution in [0.2, 0.25) is 0 Å². The maximum atomic E-state index is 10.5. The molecule has 1 aliphatic heterocycles. The van der Waals surface area contributed by atoms with Crippen molar-refractivity contribution in [2.45, 2.75) is 32.0 Å². The molecule has 0 bridgehead atoms. The molecule has 0 aromatic rings. The molecule has 0 radical (unpaired) electrons. The first-order chi connectivity index (χ1) is 4.20. The topological polar surface area (TPSA) is 26.3 Å². The largest absolute Gasteiger partial charge is 0.367 e. The lowest BCUT2D eigenvalue weighted by Crippen LogP contribution is -2.14. The van der Waals surface area contributed by atoms with Gasteiger partial charge in [0.25, 0.3) is 0 Å². The minimum atomic E-state index is -0.233. The van der Waals surface area contributed by atoms with Gasteiger partial charge in [0.1, 0.15) is 6.10 Å². The fraction of sp³-hybridized carbons (Fsp3) is 0.833. The van der Waals surface area contributed by atoms with Crippen LogP contribution in [0.25, 0.3) is 0 Å². The number of ether oxygens (including phenoxy) is 1. The summed E-state index contributed by atoms with van der Waals surface area (Å²) in [7, 11) is 0. The first kappa shape index (κ1) is 7.09. The van der Waals surface area contributed by atoms with Crippen molar-refractivity contribution in [1.82, 2.24) is 0 Å². The number of rotatable bonds is 1. The zero-order chi connectivity index (χ0) is 6.85. The van der Waals surface area contributed by atoms with Crippen LogP contribution in [0.4, 0.5) is 0 Å². The Morgan fingerprint density at radius 2 is 2.33 bits per heavy atom. The smallest absolute Gasteiger partial charge is 0.214 e. The average molecular weight is 146 g/mol.